The van der Waals surface area contributed by atoms with Crippen LogP contribution >= 0.6 is 11.6 Å². The van der Waals surface area contributed by atoms with Crippen LogP contribution in [0.15, 0.2) is 30.3 Å². The lowest BCUT2D eigenvalue weighted by Gasteiger charge is -2.15. The Hall–Kier alpha value is -2.67. The van der Waals surface area contributed by atoms with Gasteiger partial charge in [0.1, 0.15) is 0 Å². The molecule has 4 nitrogen and oxygen atoms in total. The van der Waals surface area contributed by atoms with Gasteiger partial charge in [-0.3, -0.25) is 4.79 Å². The van der Waals surface area contributed by atoms with Crippen LogP contribution in [0.4, 0.5) is 18.9 Å². The lowest BCUT2D eigenvalue weighted by Crippen LogP contribution is -2.10. The van der Waals surface area contributed by atoms with Crippen LogP contribution < -0.4 is 14.8 Å². The van der Waals surface area contributed by atoms with Crippen molar-refractivity contribution in [2.45, 2.75) is 20.0 Å². The Morgan fingerprint density at radius 3 is 2.52 bits per heavy atom. The normalized spacial score (nSPS) is 11.1. The minimum absolute atomic E-state index is 0.116. The standard InChI is InChI=1S/C19H17ClF3NO3/c1-10(2)27-19-12(20)8-11(9-15(19)26-3)4-7-16(25)24-14-6-5-13(21)17(22)18(14)23/h4-10H,1-3H3,(H,24,25)/b7-4+. The van der Waals surface area contributed by atoms with Crippen LogP contribution in [0.5, 0.6) is 11.5 Å². The van der Waals surface area contributed by atoms with Gasteiger partial charge in [-0.1, -0.05) is 11.6 Å². The molecule has 0 atom stereocenters. The molecule has 0 radical (unpaired) electrons. The summed E-state index contributed by atoms with van der Waals surface area (Å²) >= 11 is 6.19. The van der Waals surface area contributed by atoms with E-state index in [0.717, 1.165) is 18.2 Å². The second-order valence-corrected chi connectivity index (χ2v) is 6.15. The van der Waals surface area contributed by atoms with Crippen molar-refractivity contribution >= 4 is 29.3 Å². The van der Waals surface area contributed by atoms with Crippen molar-refractivity contribution in [1.82, 2.24) is 0 Å². The molecule has 0 aliphatic rings. The summed E-state index contributed by atoms with van der Waals surface area (Å²) in [7, 11) is 1.45. The number of carbonyl (C=O) groups is 1. The van der Waals surface area contributed by atoms with E-state index in [1.165, 1.54) is 13.2 Å². The van der Waals surface area contributed by atoms with Gasteiger partial charge in [0.2, 0.25) is 5.91 Å². The van der Waals surface area contributed by atoms with Crippen molar-refractivity contribution in [1.29, 1.82) is 0 Å². The van der Waals surface area contributed by atoms with E-state index in [4.69, 9.17) is 21.1 Å². The Morgan fingerprint density at radius 1 is 1.19 bits per heavy atom. The number of methoxy groups -OCH3 is 1. The van der Waals surface area contributed by atoms with E-state index in [1.54, 1.807) is 12.1 Å². The van der Waals surface area contributed by atoms with Crippen molar-refractivity contribution in [2.75, 3.05) is 12.4 Å². The first-order valence-corrected chi connectivity index (χ1v) is 8.27. The largest absolute Gasteiger partial charge is 0.493 e. The van der Waals surface area contributed by atoms with Crippen molar-refractivity contribution in [3.05, 3.63) is 58.4 Å². The second kappa shape index (κ2) is 8.81. The first-order chi connectivity index (χ1) is 12.7. The first-order valence-electron chi connectivity index (χ1n) is 7.89. The summed E-state index contributed by atoms with van der Waals surface area (Å²) in [6, 6.07) is 4.81. The number of nitrogens with one attached hydrogen (secondary N) is 1. The summed E-state index contributed by atoms with van der Waals surface area (Å²) in [6.45, 7) is 3.68. The average Bonchev–Trinajstić information content (AvgIpc) is 2.62. The van der Waals surface area contributed by atoms with Gasteiger partial charge in [0, 0.05) is 6.08 Å². The summed E-state index contributed by atoms with van der Waals surface area (Å²) in [5.74, 6) is -4.46. The third-order valence-electron chi connectivity index (χ3n) is 3.33. The van der Waals surface area contributed by atoms with Crippen molar-refractivity contribution in [3.63, 3.8) is 0 Å². The summed E-state index contributed by atoms with van der Waals surface area (Å²) in [5, 5.41) is 2.42. The highest BCUT2D eigenvalue weighted by atomic mass is 35.5. The van der Waals surface area contributed by atoms with Gasteiger partial charge in [0.25, 0.3) is 0 Å². The Morgan fingerprint density at radius 2 is 1.89 bits per heavy atom. The fraction of sp³-hybridized carbons (Fsp3) is 0.211. The van der Waals surface area contributed by atoms with E-state index in [9.17, 15) is 18.0 Å². The van der Waals surface area contributed by atoms with E-state index in [1.807, 2.05) is 13.8 Å². The summed E-state index contributed by atoms with van der Waals surface area (Å²) in [6.07, 6.45) is 2.38. The maximum atomic E-state index is 13.6. The molecule has 0 fully saturated rings. The van der Waals surface area contributed by atoms with Gasteiger partial charge in [0.15, 0.2) is 29.0 Å². The van der Waals surface area contributed by atoms with Crippen LogP contribution in [-0.4, -0.2) is 19.1 Å². The lowest BCUT2D eigenvalue weighted by molar-refractivity contribution is -0.111. The molecule has 0 heterocycles. The van der Waals surface area contributed by atoms with Crippen LogP contribution in [-0.2, 0) is 4.79 Å². The molecular weight excluding hydrogens is 383 g/mol. The molecule has 2 aromatic carbocycles. The van der Waals surface area contributed by atoms with Gasteiger partial charge in [-0.05, 0) is 49.8 Å². The number of halogens is 4. The van der Waals surface area contributed by atoms with E-state index < -0.39 is 29.0 Å². The molecule has 0 spiro atoms. The lowest BCUT2D eigenvalue weighted by atomic mass is 10.1. The summed E-state index contributed by atoms with van der Waals surface area (Å²) in [4.78, 5) is 11.9. The summed E-state index contributed by atoms with van der Waals surface area (Å²) in [5.41, 5.74) is 0.0497. The van der Waals surface area contributed by atoms with Crippen molar-refractivity contribution in [2.24, 2.45) is 0 Å². The smallest absolute Gasteiger partial charge is 0.248 e. The van der Waals surface area contributed by atoms with E-state index in [0.29, 0.717) is 17.1 Å². The second-order valence-electron chi connectivity index (χ2n) is 5.75. The topological polar surface area (TPSA) is 47.6 Å². The van der Waals surface area contributed by atoms with Gasteiger partial charge < -0.3 is 14.8 Å². The van der Waals surface area contributed by atoms with Crippen LogP contribution in [0.3, 0.4) is 0 Å². The number of ether oxygens (including phenoxy) is 2. The van der Waals surface area contributed by atoms with Crippen molar-refractivity contribution < 1.29 is 27.4 Å². The zero-order valence-electron chi connectivity index (χ0n) is 14.8. The average molecular weight is 400 g/mol. The maximum absolute atomic E-state index is 13.6. The predicted molar refractivity (Wildman–Crippen MR) is 97.7 cm³/mol. The Labute approximate surface area is 159 Å². The number of anilines is 1. The van der Waals surface area contributed by atoms with Crippen LogP contribution in [0, 0.1) is 17.5 Å². The van der Waals surface area contributed by atoms with Gasteiger partial charge in [-0.15, -0.1) is 0 Å². The number of amides is 1. The molecule has 2 aromatic rings. The number of carbonyl (C=O) groups excluding carboxylic acids is 1. The molecule has 1 amide bonds. The first kappa shape index (κ1) is 20.6. The third kappa shape index (κ3) is 5.17. The van der Waals surface area contributed by atoms with Gasteiger partial charge in [0.05, 0.1) is 23.9 Å². The molecule has 0 aliphatic carbocycles. The molecule has 0 saturated heterocycles. The number of benzene rings is 2. The minimum atomic E-state index is -1.66. The molecule has 2 rings (SSSR count). The maximum Gasteiger partial charge on any atom is 0.248 e. The predicted octanol–water partition coefficient (Wildman–Crippen LogP) is 5.21. The van der Waals surface area contributed by atoms with Gasteiger partial charge >= 0.3 is 0 Å². The number of rotatable bonds is 6. The Bertz CT molecular complexity index is 885. The van der Waals surface area contributed by atoms with Gasteiger partial charge in [-0.25, -0.2) is 13.2 Å². The van der Waals surface area contributed by atoms with Crippen LogP contribution in [0.2, 0.25) is 5.02 Å². The van der Waals surface area contributed by atoms with Crippen molar-refractivity contribution in [3.8, 4) is 11.5 Å². The van der Waals surface area contributed by atoms with Gasteiger partial charge in [-0.2, -0.15) is 0 Å². The molecular formula is C19H17ClF3NO3. The Balaban J connectivity index is 2.19. The fourth-order valence-electron chi connectivity index (χ4n) is 2.15. The highest BCUT2D eigenvalue weighted by molar-refractivity contribution is 6.32. The SMILES string of the molecule is COc1cc(/C=C/C(=O)Nc2ccc(F)c(F)c2F)cc(Cl)c1OC(C)C. The van der Waals surface area contributed by atoms with Crippen LogP contribution in [0.25, 0.3) is 6.08 Å². The highest BCUT2D eigenvalue weighted by Gasteiger charge is 2.15. The zero-order chi connectivity index (χ0) is 20.1. The molecule has 27 heavy (non-hydrogen) atoms. The quantitative estimate of drug-likeness (QED) is 0.536. The molecule has 0 unspecified atom stereocenters. The van der Waals surface area contributed by atoms with Crippen LogP contribution in [0.1, 0.15) is 19.4 Å². The third-order valence-corrected chi connectivity index (χ3v) is 3.61. The summed E-state index contributed by atoms with van der Waals surface area (Å²) < 4.78 is 50.5. The minimum Gasteiger partial charge on any atom is -0.493 e. The van der Waals surface area contributed by atoms with E-state index in [2.05, 4.69) is 5.32 Å². The highest BCUT2D eigenvalue weighted by Crippen LogP contribution is 2.37. The molecule has 0 aliphatic heterocycles. The van der Waals surface area contributed by atoms with E-state index >= 15 is 0 Å². The molecule has 0 saturated carbocycles. The Kier molecular flexibility index (Phi) is 6.74. The monoisotopic (exact) mass is 399 g/mol. The fourth-order valence-corrected chi connectivity index (χ4v) is 2.42. The molecule has 1 N–H and O–H groups in total. The number of hydrogen-bond acceptors (Lipinski definition) is 3. The molecule has 144 valence electrons. The van der Waals surface area contributed by atoms with E-state index in [-0.39, 0.29) is 11.1 Å². The molecule has 0 bridgehead atoms. The molecule has 0 aromatic heterocycles. The zero-order valence-corrected chi connectivity index (χ0v) is 15.5. The number of hydrogen-bond donors (Lipinski definition) is 1. The molecule has 8 heteroatoms.